The maximum Gasteiger partial charge on any atom is 0.261 e. The number of hydrogen-bond acceptors (Lipinski definition) is 5. The highest BCUT2D eigenvalue weighted by atomic mass is 35.5. The van der Waals surface area contributed by atoms with Gasteiger partial charge in [-0.2, -0.15) is 0 Å². The number of carbonyl (C=O) groups excluding carboxylic acids is 2. The molecule has 0 radical (unpaired) electrons. The molecule has 152 valence electrons. The van der Waals surface area contributed by atoms with Gasteiger partial charge in [0.1, 0.15) is 5.75 Å². The molecule has 0 saturated heterocycles. The first-order chi connectivity index (χ1) is 13.8. The van der Waals surface area contributed by atoms with Crippen molar-refractivity contribution in [3.8, 4) is 5.75 Å². The molecule has 0 fully saturated rings. The lowest BCUT2D eigenvalue weighted by Gasteiger charge is -2.13. The van der Waals surface area contributed by atoms with Gasteiger partial charge in [0.05, 0.1) is 12.7 Å². The van der Waals surface area contributed by atoms with Crippen LogP contribution in [0.5, 0.6) is 5.75 Å². The predicted molar refractivity (Wildman–Crippen MR) is 123 cm³/mol. The zero-order valence-electron chi connectivity index (χ0n) is 15.7. The van der Waals surface area contributed by atoms with Gasteiger partial charge in [0.15, 0.2) is 10.2 Å². The standard InChI is InChI=1S/C19H19ClN4O3S2/c1-3-16(25)23-18(28)21-12-5-7-13(8-6-12)22-19(29)24-17(26)14-10-11(20)4-9-15(14)27-2/h4-10H,3H2,1-2H3,(H2,21,23,25,28)(H2,22,24,26,29). The molecule has 0 unspecified atom stereocenters. The lowest BCUT2D eigenvalue weighted by Crippen LogP contribution is -2.34. The van der Waals surface area contributed by atoms with Crippen molar-refractivity contribution in [1.82, 2.24) is 10.6 Å². The Balaban J connectivity index is 1.94. The molecule has 0 saturated carbocycles. The average Bonchev–Trinajstić information content (AvgIpc) is 2.69. The second-order valence-electron chi connectivity index (χ2n) is 5.69. The van der Waals surface area contributed by atoms with Crippen LogP contribution in [0, 0.1) is 0 Å². The van der Waals surface area contributed by atoms with Gasteiger partial charge in [-0.1, -0.05) is 18.5 Å². The van der Waals surface area contributed by atoms with Crippen molar-refractivity contribution in [3.05, 3.63) is 53.1 Å². The van der Waals surface area contributed by atoms with Crippen LogP contribution in [0.4, 0.5) is 11.4 Å². The number of methoxy groups -OCH3 is 1. The second kappa shape index (κ2) is 10.7. The van der Waals surface area contributed by atoms with E-state index in [1.165, 1.54) is 13.2 Å². The molecule has 4 N–H and O–H groups in total. The molecule has 0 spiro atoms. The summed E-state index contributed by atoms with van der Waals surface area (Å²) in [6, 6.07) is 11.7. The van der Waals surface area contributed by atoms with Crippen LogP contribution in [0.2, 0.25) is 5.02 Å². The van der Waals surface area contributed by atoms with E-state index in [0.717, 1.165) is 0 Å². The summed E-state index contributed by atoms with van der Waals surface area (Å²) in [5.74, 6) is -0.230. The van der Waals surface area contributed by atoms with Crippen molar-refractivity contribution in [2.45, 2.75) is 13.3 Å². The summed E-state index contributed by atoms with van der Waals surface area (Å²) < 4.78 is 5.17. The SMILES string of the molecule is CCC(=O)NC(=S)Nc1ccc(NC(=S)NC(=O)c2cc(Cl)ccc2OC)cc1. The number of thiocarbonyl (C=S) groups is 2. The van der Waals surface area contributed by atoms with Crippen LogP contribution in [-0.4, -0.2) is 29.1 Å². The minimum Gasteiger partial charge on any atom is -0.496 e. The van der Waals surface area contributed by atoms with Gasteiger partial charge in [0.25, 0.3) is 5.91 Å². The van der Waals surface area contributed by atoms with Gasteiger partial charge in [-0.25, -0.2) is 0 Å². The zero-order valence-corrected chi connectivity index (χ0v) is 18.1. The van der Waals surface area contributed by atoms with Gasteiger partial charge < -0.3 is 20.7 Å². The highest BCUT2D eigenvalue weighted by molar-refractivity contribution is 7.80. The van der Waals surface area contributed by atoms with Crippen LogP contribution < -0.4 is 26.0 Å². The Kier molecular flexibility index (Phi) is 8.32. The smallest absolute Gasteiger partial charge is 0.261 e. The molecule has 0 aliphatic heterocycles. The number of ether oxygens (including phenoxy) is 1. The normalized spacial score (nSPS) is 9.90. The van der Waals surface area contributed by atoms with Gasteiger partial charge in [-0.3, -0.25) is 14.9 Å². The Morgan fingerprint density at radius 1 is 0.966 bits per heavy atom. The second-order valence-corrected chi connectivity index (χ2v) is 6.94. The molecule has 0 bridgehead atoms. The summed E-state index contributed by atoms with van der Waals surface area (Å²) in [7, 11) is 1.46. The Labute approximate surface area is 184 Å². The van der Waals surface area contributed by atoms with Gasteiger partial charge >= 0.3 is 0 Å². The molecular formula is C19H19ClN4O3S2. The summed E-state index contributed by atoms with van der Waals surface area (Å²) in [4.78, 5) is 23.8. The van der Waals surface area contributed by atoms with Crippen LogP contribution in [0.15, 0.2) is 42.5 Å². The maximum absolute atomic E-state index is 12.4. The van der Waals surface area contributed by atoms with Crippen LogP contribution in [0.1, 0.15) is 23.7 Å². The average molecular weight is 451 g/mol. The molecule has 0 atom stereocenters. The third kappa shape index (κ3) is 6.97. The lowest BCUT2D eigenvalue weighted by atomic mass is 10.2. The van der Waals surface area contributed by atoms with Crippen molar-refractivity contribution in [2.24, 2.45) is 0 Å². The number of amides is 2. The molecule has 2 aromatic rings. The van der Waals surface area contributed by atoms with Crippen molar-refractivity contribution in [3.63, 3.8) is 0 Å². The molecule has 10 heteroatoms. The first-order valence-corrected chi connectivity index (χ1v) is 9.68. The molecule has 0 aromatic heterocycles. The number of benzene rings is 2. The fraction of sp³-hybridized carbons (Fsp3) is 0.158. The Morgan fingerprint density at radius 3 is 2.03 bits per heavy atom. The summed E-state index contributed by atoms with van der Waals surface area (Å²) >= 11 is 16.2. The number of anilines is 2. The fourth-order valence-corrected chi connectivity index (χ4v) is 2.82. The molecule has 0 aliphatic rings. The van der Waals surface area contributed by atoms with Gasteiger partial charge in [-0.05, 0) is 66.9 Å². The number of rotatable bonds is 5. The molecule has 2 amide bonds. The summed E-state index contributed by atoms with van der Waals surface area (Å²) in [5.41, 5.74) is 1.62. The molecule has 0 aliphatic carbocycles. The van der Waals surface area contributed by atoms with E-state index in [0.29, 0.717) is 28.6 Å². The van der Waals surface area contributed by atoms with Gasteiger partial charge in [0.2, 0.25) is 5.91 Å². The van der Waals surface area contributed by atoms with Gasteiger partial charge in [-0.15, -0.1) is 0 Å². The number of hydrogen-bond donors (Lipinski definition) is 4. The maximum atomic E-state index is 12.4. The fourth-order valence-electron chi connectivity index (χ4n) is 2.20. The molecule has 0 heterocycles. The first kappa shape index (κ1) is 22.5. The first-order valence-electron chi connectivity index (χ1n) is 8.49. The Hall–Kier alpha value is -2.75. The van der Waals surface area contributed by atoms with Crippen LogP contribution in [0.3, 0.4) is 0 Å². The largest absolute Gasteiger partial charge is 0.496 e. The Bertz CT molecular complexity index is 936. The van der Waals surface area contributed by atoms with Crippen molar-refractivity contribution < 1.29 is 14.3 Å². The molecule has 7 nitrogen and oxygen atoms in total. The van der Waals surface area contributed by atoms with E-state index in [9.17, 15) is 9.59 Å². The highest BCUT2D eigenvalue weighted by Crippen LogP contribution is 2.22. The van der Waals surface area contributed by atoms with E-state index in [1.807, 2.05) is 0 Å². The Morgan fingerprint density at radius 2 is 1.52 bits per heavy atom. The van der Waals surface area contributed by atoms with E-state index in [2.05, 4.69) is 21.3 Å². The van der Waals surface area contributed by atoms with E-state index in [1.54, 1.807) is 43.3 Å². The van der Waals surface area contributed by atoms with E-state index >= 15 is 0 Å². The predicted octanol–water partition coefficient (Wildman–Crippen LogP) is 3.70. The third-order valence-electron chi connectivity index (χ3n) is 3.61. The lowest BCUT2D eigenvalue weighted by molar-refractivity contribution is -0.119. The highest BCUT2D eigenvalue weighted by Gasteiger charge is 2.14. The molecular weight excluding hydrogens is 432 g/mol. The van der Waals surface area contributed by atoms with Crippen molar-refractivity contribution in [1.29, 1.82) is 0 Å². The molecule has 29 heavy (non-hydrogen) atoms. The summed E-state index contributed by atoms with van der Waals surface area (Å²) in [6.07, 6.45) is 0.342. The van der Waals surface area contributed by atoms with Crippen LogP contribution in [0.25, 0.3) is 0 Å². The molecule has 2 rings (SSSR count). The third-order valence-corrected chi connectivity index (χ3v) is 4.25. The number of nitrogens with one attached hydrogen (secondary N) is 4. The van der Waals surface area contributed by atoms with E-state index < -0.39 is 5.91 Å². The number of halogens is 1. The van der Waals surface area contributed by atoms with Crippen molar-refractivity contribution >= 4 is 69.5 Å². The van der Waals surface area contributed by atoms with E-state index in [4.69, 9.17) is 40.8 Å². The van der Waals surface area contributed by atoms with Crippen LogP contribution in [-0.2, 0) is 4.79 Å². The zero-order chi connectivity index (χ0) is 21.4. The quantitative estimate of drug-likeness (QED) is 0.516. The van der Waals surface area contributed by atoms with Crippen LogP contribution >= 0.6 is 36.0 Å². The van der Waals surface area contributed by atoms with E-state index in [-0.39, 0.29) is 21.7 Å². The topological polar surface area (TPSA) is 91.5 Å². The van der Waals surface area contributed by atoms with Gasteiger partial charge in [0, 0.05) is 22.8 Å². The minimum atomic E-state index is -0.447. The molecule has 2 aromatic carbocycles. The summed E-state index contributed by atoms with van der Waals surface area (Å²) in [5, 5.41) is 11.7. The number of carbonyl (C=O) groups is 2. The van der Waals surface area contributed by atoms with Crippen molar-refractivity contribution in [2.75, 3.05) is 17.7 Å². The monoisotopic (exact) mass is 450 g/mol. The summed E-state index contributed by atoms with van der Waals surface area (Å²) in [6.45, 7) is 1.74. The minimum absolute atomic E-state index is 0.114.